The number of hydrogen-bond donors (Lipinski definition) is 1. The first kappa shape index (κ1) is 21.3. The molecule has 2 N–H and O–H groups in total. The summed E-state index contributed by atoms with van der Waals surface area (Å²) >= 11 is 1.27. The second-order valence-corrected chi connectivity index (χ2v) is 8.48. The minimum Gasteiger partial charge on any atom is -0.493 e. The number of pyridine rings is 1. The fraction of sp³-hybridized carbons (Fsp3) is 0.348. The number of aromatic nitrogens is 1. The molecule has 4 rings (SSSR count). The molecule has 1 atom stereocenters. The molecular formula is C23H25N3O4S. The van der Waals surface area contributed by atoms with E-state index in [2.05, 4.69) is 4.98 Å². The van der Waals surface area contributed by atoms with E-state index in [0.717, 1.165) is 27.1 Å². The fourth-order valence-corrected chi connectivity index (χ4v) is 4.83. The second kappa shape index (κ2) is 9.45. The number of amides is 2. The summed E-state index contributed by atoms with van der Waals surface area (Å²) in [5.41, 5.74) is 7.43. The number of nitrogens with two attached hydrogens (primary N) is 1. The Labute approximate surface area is 184 Å². The fourth-order valence-electron chi connectivity index (χ4n) is 3.79. The van der Waals surface area contributed by atoms with Crippen LogP contribution in [0.2, 0.25) is 0 Å². The van der Waals surface area contributed by atoms with Gasteiger partial charge in [-0.25, -0.2) is 4.98 Å². The van der Waals surface area contributed by atoms with E-state index in [1.807, 2.05) is 43.3 Å². The van der Waals surface area contributed by atoms with E-state index < -0.39 is 12.0 Å². The number of fused-ring (bicyclic) bond motifs is 1. The summed E-state index contributed by atoms with van der Waals surface area (Å²) in [5, 5.41) is 0.854. The van der Waals surface area contributed by atoms with Gasteiger partial charge in [0.2, 0.25) is 5.91 Å². The third kappa shape index (κ3) is 4.70. The van der Waals surface area contributed by atoms with Gasteiger partial charge in [0.05, 0.1) is 19.8 Å². The van der Waals surface area contributed by atoms with Crippen molar-refractivity contribution in [1.29, 1.82) is 0 Å². The Morgan fingerprint density at radius 2 is 2.13 bits per heavy atom. The molecule has 8 heteroatoms. The molecule has 0 spiro atoms. The number of aryl methyl sites for hydroxylation is 1. The number of thiophene rings is 1. The van der Waals surface area contributed by atoms with Crippen LogP contribution in [0.15, 0.2) is 42.6 Å². The molecule has 2 aromatic heterocycles. The highest BCUT2D eigenvalue weighted by Crippen LogP contribution is 2.37. The van der Waals surface area contributed by atoms with E-state index in [-0.39, 0.29) is 5.91 Å². The van der Waals surface area contributed by atoms with Crippen LogP contribution in [-0.4, -0.2) is 48.0 Å². The normalized spacial score (nSPS) is 16.4. The highest BCUT2D eigenvalue weighted by Gasteiger charge is 2.31. The maximum absolute atomic E-state index is 12.8. The van der Waals surface area contributed by atoms with E-state index in [1.165, 1.54) is 11.3 Å². The summed E-state index contributed by atoms with van der Waals surface area (Å²) in [6.45, 7) is 3.81. The predicted molar refractivity (Wildman–Crippen MR) is 119 cm³/mol. The van der Waals surface area contributed by atoms with E-state index in [0.29, 0.717) is 44.0 Å². The van der Waals surface area contributed by atoms with Crippen LogP contribution in [0, 0.1) is 6.92 Å². The summed E-state index contributed by atoms with van der Waals surface area (Å²) in [4.78, 5) is 32.1. The zero-order valence-electron chi connectivity index (χ0n) is 17.4. The van der Waals surface area contributed by atoms with Crippen molar-refractivity contribution in [2.24, 2.45) is 5.73 Å². The van der Waals surface area contributed by atoms with Gasteiger partial charge in [0, 0.05) is 30.1 Å². The van der Waals surface area contributed by atoms with Gasteiger partial charge in [-0.15, -0.1) is 11.3 Å². The Bertz CT molecular complexity index is 1100. The van der Waals surface area contributed by atoms with Gasteiger partial charge in [-0.1, -0.05) is 24.3 Å². The lowest BCUT2D eigenvalue weighted by Crippen LogP contribution is -2.42. The number of primary amides is 1. The number of para-hydroxylation sites is 1. The Morgan fingerprint density at radius 3 is 2.94 bits per heavy atom. The van der Waals surface area contributed by atoms with Crippen molar-refractivity contribution in [1.82, 2.24) is 9.88 Å². The highest BCUT2D eigenvalue weighted by atomic mass is 32.1. The molecule has 1 aromatic carbocycles. The zero-order valence-corrected chi connectivity index (χ0v) is 18.2. The Morgan fingerprint density at radius 1 is 1.29 bits per heavy atom. The third-order valence-corrected chi connectivity index (χ3v) is 6.50. The van der Waals surface area contributed by atoms with Crippen molar-refractivity contribution in [2.45, 2.75) is 25.9 Å². The molecule has 31 heavy (non-hydrogen) atoms. The Hall–Kier alpha value is -2.97. The predicted octanol–water partition coefficient (Wildman–Crippen LogP) is 3.46. The van der Waals surface area contributed by atoms with Crippen LogP contribution in [0.1, 0.15) is 39.7 Å². The van der Waals surface area contributed by atoms with Crippen LogP contribution in [0.25, 0.3) is 10.2 Å². The highest BCUT2D eigenvalue weighted by molar-refractivity contribution is 7.20. The van der Waals surface area contributed by atoms with E-state index in [9.17, 15) is 9.59 Å². The molecule has 2 amide bonds. The van der Waals surface area contributed by atoms with Crippen molar-refractivity contribution < 1.29 is 19.1 Å². The molecule has 0 saturated carbocycles. The molecule has 1 saturated heterocycles. The van der Waals surface area contributed by atoms with Gasteiger partial charge >= 0.3 is 0 Å². The lowest BCUT2D eigenvalue weighted by molar-refractivity contribution is -0.139. The monoisotopic (exact) mass is 439 g/mol. The molecule has 162 valence electrons. The average molecular weight is 440 g/mol. The first-order valence-corrected chi connectivity index (χ1v) is 11.1. The SMILES string of the molecule is Cc1ccccc1OCCCC(=O)N1CCOC(c2c(C(N)=O)sc3ncccc23)C1. The van der Waals surface area contributed by atoms with Gasteiger partial charge in [-0.2, -0.15) is 0 Å². The Balaban J connectivity index is 1.39. The molecule has 0 aliphatic carbocycles. The van der Waals surface area contributed by atoms with Crippen LogP contribution >= 0.6 is 11.3 Å². The average Bonchev–Trinajstić information content (AvgIpc) is 3.18. The number of nitrogens with zero attached hydrogens (tertiary/aromatic N) is 2. The molecule has 3 aromatic rings. The minimum absolute atomic E-state index is 0.0555. The largest absolute Gasteiger partial charge is 0.493 e. The number of ether oxygens (including phenoxy) is 2. The molecule has 0 radical (unpaired) electrons. The molecule has 1 fully saturated rings. The maximum Gasteiger partial charge on any atom is 0.259 e. The lowest BCUT2D eigenvalue weighted by atomic mass is 10.0. The van der Waals surface area contributed by atoms with E-state index in [1.54, 1.807) is 11.1 Å². The lowest BCUT2D eigenvalue weighted by Gasteiger charge is -2.33. The molecular weight excluding hydrogens is 414 g/mol. The summed E-state index contributed by atoms with van der Waals surface area (Å²) in [6, 6.07) is 11.6. The molecule has 1 aliphatic heterocycles. The van der Waals surface area contributed by atoms with Crippen LogP contribution in [0.5, 0.6) is 5.75 Å². The first-order chi connectivity index (χ1) is 15.0. The number of morpholine rings is 1. The zero-order chi connectivity index (χ0) is 21.8. The number of hydrogen-bond acceptors (Lipinski definition) is 6. The summed E-state index contributed by atoms with van der Waals surface area (Å²) in [7, 11) is 0. The summed E-state index contributed by atoms with van der Waals surface area (Å²) < 4.78 is 11.7. The smallest absolute Gasteiger partial charge is 0.259 e. The van der Waals surface area contributed by atoms with E-state index >= 15 is 0 Å². The first-order valence-electron chi connectivity index (χ1n) is 10.3. The molecule has 7 nitrogen and oxygen atoms in total. The van der Waals surface area contributed by atoms with Gasteiger partial charge < -0.3 is 20.1 Å². The van der Waals surface area contributed by atoms with Gasteiger partial charge in [0.25, 0.3) is 5.91 Å². The second-order valence-electron chi connectivity index (χ2n) is 7.48. The van der Waals surface area contributed by atoms with Gasteiger partial charge in [-0.3, -0.25) is 9.59 Å². The van der Waals surface area contributed by atoms with E-state index in [4.69, 9.17) is 15.2 Å². The van der Waals surface area contributed by atoms with Gasteiger partial charge in [-0.05, 0) is 31.0 Å². The maximum atomic E-state index is 12.8. The van der Waals surface area contributed by atoms with Crippen molar-refractivity contribution in [3.63, 3.8) is 0 Å². The van der Waals surface area contributed by atoms with Crippen molar-refractivity contribution in [2.75, 3.05) is 26.3 Å². The van der Waals surface area contributed by atoms with Crippen molar-refractivity contribution >= 4 is 33.4 Å². The van der Waals surface area contributed by atoms with Gasteiger partial charge in [0.1, 0.15) is 21.6 Å². The van der Waals surface area contributed by atoms with Crippen LogP contribution in [0.3, 0.4) is 0 Å². The number of carbonyl (C=O) groups is 2. The van der Waals surface area contributed by atoms with Crippen molar-refractivity contribution in [3.8, 4) is 5.75 Å². The minimum atomic E-state index is -0.501. The van der Waals surface area contributed by atoms with Crippen LogP contribution in [-0.2, 0) is 9.53 Å². The molecule has 3 heterocycles. The third-order valence-electron chi connectivity index (χ3n) is 5.36. The van der Waals surface area contributed by atoms with Crippen LogP contribution < -0.4 is 10.5 Å². The molecule has 0 bridgehead atoms. The number of rotatable bonds is 7. The van der Waals surface area contributed by atoms with Crippen LogP contribution in [0.4, 0.5) is 0 Å². The number of benzene rings is 1. The standard InChI is InChI=1S/C23H25N3O4S/c1-15-6-2-3-8-17(15)29-12-5-9-19(27)26-11-13-30-18(14-26)20-16-7-4-10-25-23(16)31-21(20)22(24)28/h2-4,6-8,10,18H,5,9,11-14H2,1H3,(H2,24,28). The molecule has 1 aliphatic rings. The molecule has 1 unspecified atom stereocenters. The topological polar surface area (TPSA) is 94.7 Å². The summed E-state index contributed by atoms with van der Waals surface area (Å²) in [5.74, 6) is 0.400. The summed E-state index contributed by atoms with van der Waals surface area (Å²) in [6.07, 6.45) is 2.31. The number of carbonyl (C=O) groups excluding carboxylic acids is 2. The quantitative estimate of drug-likeness (QED) is 0.569. The van der Waals surface area contributed by atoms with Gasteiger partial charge in [0.15, 0.2) is 0 Å². The Kier molecular flexibility index (Phi) is 6.48. The van der Waals surface area contributed by atoms with Crippen molar-refractivity contribution in [3.05, 3.63) is 58.6 Å².